The van der Waals surface area contributed by atoms with Crippen molar-refractivity contribution in [1.29, 1.82) is 0 Å². The molecule has 3 nitrogen and oxygen atoms in total. The summed E-state index contributed by atoms with van der Waals surface area (Å²) in [6.07, 6.45) is 7.92. The molecule has 3 fully saturated rings. The molecule has 0 aromatic carbocycles. The van der Waals surface area contributed by atoms with E-state index in [1.165, 1.54) is 51.7 Å². The first kappa shape index (κ1) is 11.9. The molecule has 0 bridgehead atoms. The topological polar surface area (TPSA) is 35.5 Å². The number of nitrogens with zero attached hydrogens (tertiary/aromatic N) is 1. The van der Waals surface area contributed by atoms with Gasteiger partial charge in [-0.2, -0.15) is 0 Å². The summed E-state index contributed by atoms with van der Waals surface area (Å²) in [5.74, 6) is 1.70. The van der Waals surface area contributed by atoms with Crippen molar-refractivity contribution in [1.82, 2.24) is 10.2 Å². The van der Waals surface area contributed by atoms with E-state index in [-0.39, 0.29) is 0 Å². The van der Waals surface area contributed by atoms with Gasteiger partial charge >= 0.3 is 0 Å². The van der Waals surface area contributed by atoms with Crippen LogP contribution in [0.3, 0.4) is 0 Å². The molecule has 0 radical (unpaired) electrons. The number of rotatable bonds is 6. The van der Waals surface area contributed by atoms with E-state index in [0.29, 0.717) is 18.6 Å². The molecule has 1 heterocycles. The molecule has 17 heavy (non-hydrogen) atoms. The summed E-state index contributed by atoms with van der Waals surface area (Å²) in [6, 6.07) is 1.50. The van der Waals surface area contributed by atoms with Crippen LogP contribution in [-0.2, 0) is 0 Å². The Balaban J connectivity index is 1.51. The molecule has 1 saturated heterocycles. The summed E-state index contributed by atoms with van der Waals surface area (Å²) in [7, 11) is 0. The molecule has 2 atom stereocenters. The Bertz CT molecular complexity index is 229. The number of hydrogen-bond donors (Lipinski definition) is 2. The smallest absolute Gasteiger partial charge is 0.0434 e. The molecule has 3 heteroatoms. The van der Waals surface area contributed by atoms with Crippen LogP contribution in [0, 0.1) is 11.8 Å². The standard InChI is InChI=1S/C14H26N2O/c17-6-5-12-7-14(15-13-3-4-13)10-16(9-12)8-11-1-2-11/h11-15,17H,1-10H2. The summed E-state index contributed by atoms with van der Waals surface area (Å²) < 4.78 is 0. The lowest BCUT2D eigenvalue weighted by Gasteiger charge is -2.38. The highest BCUT2D eigenvalue weighted by Crippen LogP contribution is 2.32. The molecule has 2 saturated carbocycles. The highest BCUT2D eigenvalue weighted by atomic mass is 16.3. The van der Waals surface area contributed by atoms with Crippen LogP contribution < -0.4 is 5.32 Å². The average Bonchev–Trinajstić information content (AvgIpc) is 3.14. The molecule has 1 aliphatic heterocycles. The third-order valence-electron chi connectivity index (χ3n) is 4.41. The molecular formula is C14H26N2O. The van der Waals surface area contributed by atoms with Crippen LogP contribution in [0.1, 0.15) is 38.5 Å². The molecule has 2 unspecified atom stereocenters. The summed E-state index contributed by atoms with van der Waals surface area (Å²) in [4.78, 5) is 2.65. The Morgan fingerprint density at radius 2 is 1.82 bits per heavy atom. The number of piperidine rings is 1. The zero-order valence-corrected chi connectivity index (χ0v) is 10.8. The van der Waals surface area contributed by atoms with E-state index in [1.807, 2.05) is 0 Å². The molecule has 0 aromatic heterocycles. The summed E-state index contributed by atoms with van der Waals surface area (Å²) in [5.41, 5.74) is 0. The van der Waals surface area contributed by atoms with Crippen LogP contribution in [0.2, 0.25) is 0 Å². The van der Waals surface area contributed by atoms with E-state index < -0.39 is 0 Å². The highest BCUT2D eigenvalue weighted by Gasteiger charge is 2.33. The van der Waals surface area contributed by atoms with E-state index >= 15 is 0 Å². The number of hydrogen-bond acceptors (Lipinski definition) is 3. The molecule has 0 amide bonds. The van der Waals surface area contributed by atoms with Gasteiger partial charge in [0.25, 0.3) is 0 Å². The van der Waals surface area contributed by atoms with Crippen molar-refractivity contribution in [3.05, 3.63) is 0 Å². The molecule has 0 aromatic rings. The Morgan fingerprint density at radius 3 is 2.47 bits per heavy atom. The second kappa shape index (κ2) is 5.25. The second-order valence-electron chi connectivity index (χ2n) is 6.41. The molecule has 3 aliphatic rings. The molecule has 3 rings (SSSR count). The Labute approximate surface area is 105 Å². The third-order valence-corrected chi connectivity index (χ3v) is 4.41. The minimum atomic E-state index is 0.359. The SMILES string of the molecule is OCCC1CC(NC2CC2)CN(CC2CC2)C1. The fraction of sp³-hybridized carbons (Fsp3) is 1.00. The molecule has 98 valence electrons. The van der Waals surface area contributed by atoms with Crippen LogP contribution in [0.5, 0.6) is 0 Å². The van der Waals surface area contributed by atoms with E-state index in [0.717, 1.165) is 18.4 Å². The van der Waals surface area contributed by atoms with Crippen LogP contribution in [0.15, 0.2) is 0 Å². The van der Waals surface area contributed by atoms with Gasteiger partial charge < -0.3 is 15.3 Å². The lowest BCUT2D eigenvalue weighted by atomic mass is 9.91. The minimum Gasteiger partial charge on any atom is -0.396 e. The lowest BCUT2D eigenvalue weighted by molar-refractivity contribution is 0.116. The van der Waals surface area contributed by atoms with Gasteiger partial charge in [-0.25, -0.2) is 0 Å². The van der Waals surface area contributed by atoms with E-state index in [9.17, 15) is 0 Å². The number of likely N-dealkylation sites (tertiary alicyclic amines) is 1. The number of aliphatic hydroxyl groups excluding tert-OH is 1. The molecular weight excluding hydrogens is 212 g/mol. The van der Waals surface area contributed by atoms with E-state index in [2.05, 4.69) is 10.2 Å². The fourth-order valence-corrected chi connectivity index (χ4v) is 3.21. The van der Waals surface area contributed by atoms with Crippen molar-refractivity contribution >= 4 is 0 Å². The van der Waals surface area contributed by atoms with Gasteiger partial charge in [-0.1, -0.05) is 0 Å². The molecule has 2 aliphatic carbocycles. The van der Waals surface area contributed by atoms with Crippen LogP contribution in [0.4, 0.5) is 0 Å². The van der Waals surface area contributed by atoms with Gasteiger partial charge in [0.05, 0.1) is 0 Å². The lowest BCUT2D eigenvalue weighted by Crippen LogP contribution is -2.50. The van der Waals surface area contributed by atoms with E-state index in [4.69, 9.17) is 5.11 Å². The van der Waals surface area contributed by atoms with Crippen LogP contribution in [-0.4, -0.2) is 48.3 Å². The maximum atomic E-state index is 9.14. The van der Waals surface area contributed by atoms with Gasteiger partial charge in [-0.3, -0.25) is 0 Å². The summed E-state index contributed by atoms with van der Waals surface area (Å²) in [6.45, 7) is 4.14. The maximum Gasteiger partial charge on any atom is 0.0434 e. The average molecular weight is 238 g/mol. The minimum absolute atomic E-state index is 0.359. The highest BCUT2D eigenvalue weighted by molar-refractivity contribution is 4.91. The second-order valence-corrected chi connectivity index (χ2v) is 6.41. The first-order valence-corrected chi connectivity index (χ1v) is 7.42. The first-order chi connectivity index (χ1) is 8.33. The fourth-order valence-electron chi connectivity index (χ4n) is 3.21. The van der Waals surface area contributed by atoms with Gasteiger partial charge in [-0.05, 0) is 50.4 Å². The third kappa shape index (κ3) is 3.67. The van der Waals surface area contributed by atoms with Gasteiger partial charge in [0.1, 0.15) is 0 Å². The van der Waals surface area contributed by atoms with Crippen molar-refractivity contribution < 1.29 is 5.11 Å². The molecule has 2 N–H and O–H groups in total. The van der Waals surface area contributed by atoms with Crippen molar-refractivity contribution in [2.75, 3.05) is 26.2 Å². The predicted octanol–water partition coefficient (Wildman–Crippen LogP) is 1.22. The number of aliphatic hydroxyl groups is 1. The largest absolute Gasteiger partial charge is 0.396 e. The maximum absolute atomic E-state index is 9.14. The number of nitrogens with one attached hydrogen (secondary N) is 1. The Hall–Kier alpha value is -0.120. The summed E-state index contributed by atoms with van der Waals surface area (Å²) >= 11 is 0. The van der Waals surface area contributed by atoms with Crippen molar-refractivity contribution in [3.8, 4) is 0 Å². The van der Waals surface area contributed by atoms with Gasteiger partial charge in [0.2, 0.25) is 0 Å². The predicted molar refractivity (Wildman–Crippen MR) is 68.9 cm³/mol. The van der Waals surface area contributed by atoms with Gasteiger partial charge in [0, 0.05) is 38.3 Å². The Morgan fingerprint density at radius 1 is 1.00 bits per heavy atom. The van der Waals surface area contributed by atoms with Crippen LogP contribution >= 0.6 is 0 Å². The quantitative estimate of drug-likeness (QED) is 0.730. The van der Waals surface area contributed by atoms with Crippen molar-refractivity contribution in [3.63, 3.8) is 0 Å². The Kier molecular flexibility index (Phi) is 3.69. The first-order valence-electron chi connectivity index (χ1n) is 7.42. The van der Waals surface area contributed by atoms with Gasteiger partial charge in [-0.15, -0.1) is 0 Å². The zero-order chi connectivity index (χ0) is 11.7. The summed E-state index contributed by atoms with van der Waals surface area (Å²) in [5, 5.41) is 12.9. The van der Waals surface area contributed by atoms with Crippen LogP contribution in [0.25, 0.3) is 0 Å². The normalized spacial score (nSPS) is 35.1. The zero-order valence-electron chi connectivity index (χ0n) is 10.8. The molecule has 0 spiro atoms. The van der Waals surface area contributed by atoms with Crippen molar-refractivity contribution in [2.45, 2.75) is 50.6 Å². The monoisotopic (exact) mass is 238 g/mol. The van der Waals surface area contributed by atoms with Gasteiger partial charge in [0.15, 0.2) is 0 Å². The van der Waals surface area contributed by atoms with E-state index in [1.54, 1.807) is 0 Å². The van der Waals surface area contributed by atoms with Crippen molar-refractivity contribution in [2.24, 2.45) is 11.8 Å².